The van der Waals surface area contributed by atoms with Crippen LogP contribution in [0.25, 0.3) is 0 Å². The molecule has 80 valence electrons. The topological polar surface area (TPSA) is 40.5 Å². The smallest absolute Gasteiger partial charge is 0.227 e. The Morgan fingerprint density at radius 2 is 2.00 bits per heavy atom. The quantitative estimate of drug-likeness (QED) is 0.773. The number of carbonyl (C=O) groups is 1. The van der Waals surface area contributed by atoms with Crippen LogP contribution in [0.1, 0.15) is 11.1 Å². The van der Waals surface area contributed by atoms with Crippen LogP contribution in [0, 0.1) is 6.92 Å². The first kappa shape index (κ1) is 10.2. The van der Waals surface area contributed by atoms with Crippen molar-refractivity contribution in [1.29, 1.82) is 0 Å². The van der Waals surface area contributed by atoms with E-state index in [-0.39, 0.29) is 12.0 Å². The van der Waals surface area contributed by atoms with Crippen LogP contribution >= 0.6 is 0 Å². The van der Waals surface area contributed by atoms with E-state index >= 15 is 0 Å². The SMILES string of the molecule is Cc1ccc(CC(=O)N2CC(O)C2)cc1. The van der Waals surface area contributed by atoms with Crippen molar-refractivity contribution in [3.05, 3.63) is 35.4 Å². The van der Waals surface area contributed by atoms with Gasteiger partial charge in [0, 0.05) is 13.1 Å². The van der Waals surface area contributed by atoms with E-state index in [0.717, 1.165) is 5.56 Å². The van der Waals surface area contributed by atoms with Gasteiger partial charge in [0.05, 0.1) is 12.5 Å². The lowest BCUT2D eigenvalue weighted by atomic mass is 10.1. The van der Waals surface area contributed by atoms with Gasteiger partial charge < -0.3 is 10.0 Å². The number of benzene rings is 1. The van der Waals surface area contributed by atoms with Gasteiger partial charge in [-0.15, -0.1) is 0 Å². The van der Waals surface area contributed by atoms with Gasteiger partial charge in [-0.3, -0.25) is 4.79 Å². The molecule has 3 heteroatoms. The molecule has 1 aliphatic heterocycles. The van der Waals surface area contributed by atoms with Gasteiger partial charge in [0.25, 0.3) is 0 Å². The highest BCUT2D eigenvalue weighted by Gasteiger charge is 2.28. The molecule has 1 saturated heterocycles. The van der Waals surface area contributed by atoms with Crippen molar-refractivity contribution in [2.24, 2.45) is 0 Å². The molecule has 0 aromatic heterocycles. The second-order valence-corrected chi connectivity index (χ2v) is 4.11. The predicted octanol–water partition coefficient (Wildman–Crippen LogP) is 0.741. The number of β-amino-alcohol motifs (C(OH)–C–C–N with tert-alkyl or cyclic N) is 1. The van der Waals surface area contributed by atoms with E-state index in [9.17, 15) is 4.79 Å². The minimum Gasteiger partial charge on any atom is -0.389 e. The van der Waals surface area contributed by atoms with Crippen LogP contribution in [0.2, 0.25) is 0 Å². The Bertz CT molecular complexity index is 352. The van der Waals surface area contributed by atoms with Crippen LogP contribution in [0.15, 0.2) is 24.3 Å². The molecule has 2 rings (SSSR count). The van der Waals surface area contributed by atoms with E-state index in [4.69, 9.17) is 5.11 Å². The van der Waals surface area contributed by atoms with Gasteiger partial charge in [-0.2, -0.15) is 0 Å². The fourth-order valence-electron chi connectivity index (χ4n) is 1.65. The zero-order chi connectivity index (χ0) is 10.8. The molecule has 0 aliphatic carbocycles. The molecular weight excluding hydrogens is 190 g/mol. The molecule has 3 nitrogen and oxygen atoms in total. The van der Waals surface area contributed by atoms with Gasteiger partial charge in [0.15, 0.2) is 0 Å². The highest BCUT2D eigenvalue weighted by Crippen LogP contribution is 2.11. The second kappa shape index (κ2) is 4.03. The summed E-state index contributed by atoms with van der Waals surface area (Å²) in [6.07, 6.45) is 0.125. The summed E-state index contributed by atoms with van der Waals surface area (Å²) >= 11 is 0. The van der Waals surface area contributed by atoms with Crippen molar-refractivity contribution >= 4 is 5.91 Å². The fraction of sp³-hybridized carbons (Fsp3) is 0.417. The van der Waals surface area contributed by atoms with Crippen LogP contribution in [-0.4, -0.2) is 35.1 Å². The second-order valence-electron chi connectivity index (χ2n) is 4.11. The fourth-order valence-corrected chi connectivity index (χ4v) is 1.65. The summed E-state index contributed by atoms with van der Waals surface area (Å²) in [6.45, 7) is 3.01. The third-order valence-corrected chi connectivity index (χ3v) is 2.69. The summed E-state index contributed by atoms with van der Waals surface area (Å²) in [4.78, 5) is 13.3. The number of rotatable bonds is 2. The third-order valence-electron chi connectivity index (χ3n) is 2.69. The normalized spacial score (nSPS) is 16.3. The molecular formula is C12H15NO2. The van der Waals surface area contributed by atoms with Crippen LogP contribution in [-0.2, 0) is 11.2 Å². The summed E-state index contributed by atoms with van der Waals surface area (Å²) < 4.78 is 0. The van der Waals surface area contributed by atoms with E-state index in [1.165, 1.54) is 5.56 Å². The van der Waals surface area contributed by atoms with Gasteiger partial charge in [0.2, 0.25) is 5.91 Å². The lowest BCUT2D eigenvalue weighted by Crippen LogP contribution is -2.53. The maximum atomic E-state index is 11.6. The van der Waals surface area contributed by atoms with Gasteiger partial charge in [0.1, 0.15) is 0 Å². The van der Waals surface area contributed by atoms with E-state index in [1.807, 2.05) is 31.2 Å². The standard InChI is InChI=1S/C12H15NO2/c1-9-2-4-10(5-3-9)6-12(15)13-7-11(14)8-13/h2-5,11,14H,6-8H2,1H3. The Labute approximate surface area is 89.3 Å². The van der Waals surface area contributed by atoms with Gasteiger partial charge in [-0.1, -0.05) is 29.8 Å². The molecule has 0 atom stereocenters. The Morgan fingerprint density at radius 1 is 1.40 bits per heavy atom. The number of hydrogen-bond donors (Lipinski definition) is 1. The summed E-state index contributed by atoms with van der Waals surface area (Å²) in [5.74, 6) is 0.101. The number of hydrogen-bond acceptors (Lipinski definition) is 2. The molecule has 1 fully saturated rings. The van der Waals surface area contributed by atoms with Gasteiger partial charge in [-0.05, 0) is 12.5 Å². The first-order chi connectivity index (χ1) is 7.15. The Morgan fingerprint density at radius 3 is 2.53 bits per heavy atom. The highest BCUT2D eigenvalue weighted by molar-refractivity contribution is 5.79. The number of aryl methyl sites for hydroxylation is 1. The van der Waals surface area contributed by atoms with Gasteiger partial charge >= 0.3 is 0 Å². The van der Waals surface area contributed by atoms with E-state index in [2.05, 4.69) is 0 Å². The Hall–Kier alpha value is -1.35. The first-order valence-corrected chi connectivity index (χ1v) is 5.16. The van der Waals surface area contributed by atoms with Gasteiger partial charge in [-0.25, -0.2) is 0 Å². The number of likely N-dealkylation sites (tertiary alicyclic amines) is 1. The number of nitrogens with zero attached hydrogens (tertiary/aromatic N) is 1. The van der Waals surface area contributed by atoms with Crippen LogP contribution in [0.3, 0.4) is 0 Å². The van der Waals surface area contributed by atoms with Crippen LogP contribution in [0.4, 0.5) is 0 Å². The molecule has 1 aromatic carbocycles. The minimum atomic E-state index is -0.313. The summed E-state index contributed by atoms with van der Waals surface area (Å²) in [5.41, 5.74) is 2.23. The highest BCUT2D eigenvalue weighted by atomic mass is 16.3. The summed E-state index contributed by atoms with van der Waals surface area (Å²) in [6, 6.07) is 7.97. The Balaban J connectivity index is 1.91. The maximum absolute atomic E-state index is 11.6. The average Bonchev–Trinajstić information content (AvgIpc) is 2.17. The molecule has 1 amide bonds. The third kappa shape index (κ3) is 2.36. The van der Waals surface area contributed by atoms with Crippen molar-refractivity contribution in [2.75, 3.05) is 13.1 Å². The minimum absolute atomic E-state index is 0.101. The first-order valence-electron chi connectivity index (χ1n) is 5.16. The molecule has 0 radical (unpaired) electrons. The summed E-state index contributed by atoms with van der Waals surface area (Å²) in [5, 5.41) is 9.08. The number of amides is 1. The van der Waals surface area contributed by atoms with E-state index in [1.54, 1.807) is 4.90 Å². The zero-order valence-electron chi connectivity index (χ0n) is 8.81. The number of aliphatic hydroxyl groups is 1. The van der Waals surface area contributed by atoms with Crippen molar-refractivity contribution in [1.82, 2.24) is 4.90 Å². The zero-order valence-corrected chi connectivity index (χ0v) is 8.81. The molecule has 0 spiro atoms. The largest absolute Gasteiger partial charge is 0.389 e. The molecule has 0 saturated carbocycles. The lowest BCUT2D eigenvalue weighted by Gasteiger charge is -2.35. The maximum Gasteiger partial charge on any atom is 0.227 e. The molecule has 1 aromatic rings. The van der Waals surface area contributed by atoms with Crippen LogP contribution in [0.5, 0.6) is 0 Å². The molecule has 1 heterocycles. The Kier molecular flexibility index (Phi) is 2.73. The van der Waals surface area contributed by atoms with Crippen molar-refractivity contribution < 1.29 is 9.90 Å². The van der Waals surface area contributed by atoms with Crippen molar-refractivity contribution in [3.8, 4) is 0 Å². The van der Waals surface area contributed by atoms with E-state index < -0.39 is 0 Å². The van der Waals surface area contributed by atoms with Crippen molar-refractivity contribution in [2.45, 2.75) is 19.4 Å². The molecule has 1 N–H and O–H groups in total. The monoisotopic (exact) mass is 205 g/mol. The lowest BCUT2D eigenvalue weighted by molar-refractivity contribution is -0.140. The number of carbonyl (C=O) groups excluding carboxylic acids is 1. The van der Waals surface area contributed by atoms with Crippen molar-refractivity contribution in [3.63, 3.8) is 0 Å². The van der Waals surface area contributed by atoms with E-state index in [0.29, 0.717) is 19.5 Å². The number of aliphatic hydroxyl groups excluding tert-OH is 1. The summed E-state index contributed by atoms with van der Waals surface area (Å²) in [7, 11) is 0. The van der Waals surface area contributed by atoms with Crippen LogP contribution < -0.4 is 0 Å². The average molecular weight is 205 g/mol. The molecule has 0 unspecified atom stereocenters. The molecule has 1 aliphatic rings. The molecule has 15 heavy (non-hydrogen) atoms. The predicted molar refractivity (Wildman–Crippen MR) is 57.5 cm³/mol. The molecule has 0 bridgehead atoms.